The minimum atomic E-state index is 1.07. The molecular weight excluding hydrogens is 228 g/mol. The lowest BCUT2D eigenvalue weighted by atomic mass is 9.89. The van der Waals surface area contributed by atoms with Crippen LogP contribution in [0.5, 0.6) is 0 Å². The van der Waals surface area contributed by atoms with Crippen molar-refractivity contribution in [3.63, 3.8) is 0 Å². The smallest absolute Gasteiger partial charge is 0.0143 e. The molecule has 0 atom stereocenters. The second kappa shape index (κ2) is 5.88. The highest BCUT2D eigenvalue weighted by atomic mass is 14.1. The first-order valence-corrected chi connectivity index (χ1v) is 6.93. The third-order valence-electron chi connectivity index (χ3n) is 3.66. The van der Waals surface area contributed by atoms with Crippen LogP contribution < -0.4 is 0 Å². The van der Waals surface area contributed by atoms with E-state index in [2.05, 4.69) is 57.3 Å². The van der Waals surface area contributed by atoms with Crippen LogP contribution in [-0.4, -0.2) is 0 Å². The Morgan fingerprint density at radius 3 is 2.53 bits per heavy atom. The van der Waals surface area contributed by atoms with Crippen LogP contribution in [-0.2, 0) is 6.42 Å². The molecule has 0 saturated carbocycles. The zero-order chi connectivity index (χ0) is 13.8. The number of rotatable bonds is 5. The molecule has 0 N–H and O–H groups in total. The first-order valence-electron chi connectivity index (χ1n) is 6.93. The summed E-state index contributed by atoms with van der Waals surface area (Å²) in [6, 6.07) is 11.0. The van der Waals surface area contributed by atoms with Crippen LogP contribution in [0.15, 0.2) is 49.6 Å². The van der Waals surface area contributed by atoms with Crippen molar-refractivity contribution in [3.05, 3.63) is 66.3 Å². The first-order chi connectivity index (χ1) is 9.15. The van der Waals surface area contributed by atoms with E-state index in [1.807, 2.05) is 6.08 Å². The Hall–Kier alpha value is -1.82. The number of fused-ring (bicyclic) bond motifs is 1. The average molecular weight is 250 g/mol. The van der Waals surface area contributed by atoms with Crippen LogP contribution in [0.25, 0.3) is 16.3 Å². The molecule has 0 bridgehead atoms. The Morgan fingerprint density at radius 1 is 1.21 bits per heavy atom. The fraction of sp³-hybridized carbons (Fsp3) is 0.263. The van der Waals surface area contributed by atoms with Crippen molar-refractivity contribution in [2.75, 3.05) is 0 Å². The fourth-order valence-electron chi connectivity index (χ4n) is 2.69. The lowest BCUT2D eigenvalue weighted by Crippen LogP contribution is -1.96. The molecule has 0 spiro atoms. The van der Waals surface area contributed by atoms with Gasteiger partial charge in [0.2, 0.25) is 0 Å². The summed E-state index contributed by atoms with van der Waals surface area (Å²) < 4.78 is 0. The molecule has 98 valence electrons. The van der Waals surface area contributed by atoms with Gasteiger partial charge in [0.05, 0.1) is 0 Å². The largest absolute Gasteiger partial charge is 0.103 e. The summed E-state index contributed by atoms with van der Waals surface area (Å²) in [5, 5.41) is 2.74. The predicted molar refractivity (Wildman–Crippen MR) is 86.5 cm³/mol. The van der Waals surface area contributed by atoms with E-state index < -0.39 is 0 Å². The molecule has 0 saturated heterocycles. The van der Waals surface area contributed by atoms with Gasteiger partial charge in [-0.15, -0.1) is 6.58 Å². The highest BCUT2D eigenvalue weighted by Gasteiger charge is 2.10. The van der Waals surface area contributed by atoms with Gasteiger partial charge in [0.25, 0.3) is 0 Å². The number of benzene rings is 2. The Labute approximate surface area is 116 Å². The van der Waals surface area contributed by atoms with Crippen molar-refractivity contribution in [1.82, 2.24) is 0 Å². The molecule has 0 amide bonds. The summed E-state index contributed by atoms with van der Waals surface area (Å²) in [5.41, 5.74) is 5.25. The predicted octanol–water partition coefficient (Wildman–Crippen LogP) is 5.69. The molecule has 19 heavy (non-hydrogen) atoms. The summed E-state index contributed by atoms with van der Waals surface area (Å²) in [6.45, 7) is 12.2. The van der Waals surface area contributed by atoms with Crippen molar-refractivity contribution in [2.24, 2.45) is 0 Å². The molecule has 0 aromatic heterocycles. The van der Waals surface area contributed by atoms with Crippen LogP contribution >= 0.6 is 0 Å². The van der Waals surface area contributed by atoms with E-state index >= 15 is 0 Å². The lowest BCUT2D eigenvalue weighted by Gasteiger charge is -2.15. The molecule has 2 aromatic rings. The van der Waals surface area contributed by atoms with Gasteiger partial charge in [-0.3, -0.25) is 0 Å². The summed E-state index contributed by atoms with van der Waals surface area (Å²) in [6.07, 6.45) is 5.31. The van der Waals surface area contributed by atoms with Gasteiger partial charge in [0.15, 0.2) is 0 Å². The number of allylic oxidation sites excluding steroid dienone is 2. The third-order valence-corrected chi connectivity index (χ3v) is 3.66. The molecule has 2 rings (SSSR count). The molecule has 0 heterocycles. The molecule has 0 aliphatic heterocycles. The van der Waals surface area contributed by atoms with Crippen molar-refractivity contribution in [3.8, 4) is 0 Å². The standard InChI is InChI=1S/C19H22/c1-5-6-7-11-18-17-12-9-8-10-16(17)15(4)13-19(18)14(2)3/h5,8-10,12-13H,1-2,6-7,11H2,3-4H3. The van der Waals surface area contributed by atoms with Crippen molar-refractivity contribution in [2.45, 2.75) is 33.1 Å². The summed E-state index contributed by atoms with van der Waals surface area (Å²) in [5.74, 6) is 0. The maximum atomic E-state index is 4.14. The molecule has 0 radical (unpaired) electrons. The number of aryl methyl sites for hydroxylation is 2. The maximum absolute atomic E-state index is 4.14. The normalized spacial score (nSPS) is 10.6. The van der Waals surface area contributed by atoms with Crippen molar-refractivity contribution >= 4 is 16.3 Å². The fourth-order valence-corrected chi connectivity index (χ4v) is 2.69. The topological polar surface area (TPSA) is 0 Å². The van der Waals surface area contributed by atoms with Crippen LogP contribution in [0.3, 0.4) is 0 Å². The van der Waals surface area contributed by atoms with E-state index in [4.69, 9.17) is 0 Å². The molecule has 0 unspecified atom stereocenters. The molecule has 0 aliphatic carbocycles. The van der Waals surface area contributed by atoms with Crippen LogP contribution in [0, 0.1) is 6.92 Å². The van der Waals surface area contributed by atoms with Crippen LogP contribution in [0.2, 0.25) is 0 Å². The summed E-state index contributed by atoms with van der Waals surface area (Å²) in [7, 11) is 0. The second-order valence-corrected chi connectivity index (χ2v) is 5.23. The molecule has 0 aliphatic rings. The number of unbranched alkanes of at least 4 members (excludes halogenated alkanes) is 1. The Balaban J connectivity index is 2.61. The van der Waals surface area contributed by atoms with E-state index in [-0.39, 0.29) is 0 Å². The average Bonchev–Trinajstić information content (AvgIpc) is 2.41. The maximum Gasteiger partial charge on any atom is -0.0143 e. The Kier molecular flexibility index (Phi) is 4.21. The van der Waals surface area contributed by atoms with E-state index in [0.29, 0.717) is 0 Å². The third kappa shape index (κ3) is 2.78. The quantitative estimate of drug-likeness (QED) is 0.472. The SMILES string of the molecule is C=CCCCc1c(C(=C)C)cc(C)c2ccccc12. The second-order valence-electron chi connectivity index (χ2n) is 5.23. The molecule has 0 heteroatoms. The molecule has 2 aromatic carbocycles. The van der Waals surface area contributed by atoms with Crippen molar-refractivity contribution in [1.29, 1.82) is 0 Å². The summed E-state index contributed by atoms with van der Waals surface area (Å²) >= 11 is 0. The van der Waals surface area contributed by atoms with Gasteiger partial charge < -0.3 is 0 Å². The minimum Gasteiger partial charge on any atom is -0.103 e. The summed E-state index contributed by atoms with van der Waals surface area (Å²) in [4.78, 5) is 0. The van der Waals surface area contributed by atoms with Gasteiger partial charge in [0, 0.05) is 0 Å². The van der Waals surface area contributed by atoms with Crippen LogP contribution in [0.1, 0.15) is 36.5 Å². The lowest BCUT2D eigenvalue weighted by molar-refractivity contribution is 0.847. The molecule has 0 nitrogen and oxygen atoms in total. The van der Waals surface area contributed by atoms with Crippen molar-refractivity contribution < 1.29 is 0 Å². The van der Waals surface area contributed by atoms with Gasteiger partial charge in [-0.1, -0.05) is 48.6 Å². The van der Waals surface area contributed by atoms with Gasteiger partial charge in [-0.2, -0.15) is 0 Å². The van der Waals surface area contributed by atoms with Crippen LogP contribution in [0.4, 0.5) is 0 Å². The molecular formula is C19H22. The van der Waals surface area contributed by atoms with Gasteiger partial charge in [-0.25, -0.2) is 0 Å². The zero-order valence-corrected chi connectivity index (χ0v) is 12.0. The Bertz CT molecular complexity index is 617. The Morgan fingerprint density at radius 2 is 1.89 bits per heavy atom. The van der Waals surface area contributed by atoms with E-state index in [9.17, 15) is 0 Å². The number of hydrogen-bond donors (Lipinski definition) is 0. The molecule has 0 fully saturated rings. The van der Waals surface area contributed by atoms with E-state index in [1.165, 1.54) is 27.5 Å². The first kappa shape index (κ1) is 13.6. The van der Waals surface area contributed by atoms with Gasteiger partial charge in [-0.05, 0) is 60.6 Å². The highest BCUT2D eigenvalue weighted by molar-refractivity contribution is 5.92. The monoisotopic (exact) mass is 250 g/mol. The zero-order valence-electron chi connectivity index (χ0n) is 12.0. The van der Waals surface area contributed by atoms with Gasteiger partial charge in [0.1, 0.15) is 0 Å². The van der Waals surface area contributed by atoms with Gasteiger partial charge >= 0.3 is 0 Å². The van der Waals surface area contributed by atoms with E-state index in [1.54, 1.807) is 0 Å². The highest BCUT2D eigenvalue weighted by Crippen LogP contribution is 2.30. The van der Waals surface area contributed by atoms with E-state index in [0.717, 1.165) is 24.8 Å². The minimum absolute atomic E-state index is 1.07. The number of hydrogen-bond acceptors (Lipinski definition) is 0.